The number of ether oxygens (including phenoxy) is 1. The van der Waals surface area contributed by atoms with E-state index in [2.05, 4.69) is 40.4 Å². The Morgan fingerprint density at radius 3 is 2.94 bits per heavy atom. The number of hydrogen-bond donors (Lipinski definition) is 2. The van der Waals surface area contributed by atoms with Gasteiger partial charge in [0.25, 0.3) is 0 Å². The van der Waals surface area contributed by atoms with Gasteiger partial charge in [0.1, 0.15) is 6.61 Å². The molecule has 4 rings (SSSR count). The number of halogens is 2. The van der Waals surface area contributed by atoms with Gasteiger partial charge in [-0.3, -0.25) is 4.39 Å². The predicted octanol–water partition coefficient (Wildman–Crippen LogP) is 4.68. The molecule has 4 aliphatic rings. The van der Waals surface area contributed by atoms with Crippen molar-refractivity contribution in [3.63, 3.8) is 0 Å². The summed E-state index contributed by atoms with van der Waals surface area (Å²) in [7, 11) is -1.18. The minimum absolute atomic E-state index is 0.298. The molecule has 0 bridgehead atoms. The SMILES string of the molecule is O=S(CCCF)NCCOC1=CC=C2CCNC(C3(C4C=CC(Cl)=CC4)CCC3)C2C1. The van der Waals surface area contributed by atoms with Crippen molar-refractivity contribution >= 4 is 22.6 Å². The Morgan fingerprint density at radius 1 is 1.35 bits per heavy atom. The molecule has 7 heteroatoms. The summed E-state index contributed by atoms with van der Waals surface area (Å²) in [6, 6.07) is 0.458. The van der Waals surface area contributed by atoms with Gasteiger partial charge in [-0.25, -0.2) is 8.93 Å². The average molecular weight is 469 g/mol. The summed E-state index contributed by atoms with van der Waals surface area (Å²) >= 11 is 6.20. The maximum Gasteiger partial charge on any atom is 0.101 e. The van der Waals surface area contributed by atoms with Gasteiger partial charge >= 0.3 is 0 Å². The monoisotopic (exact) mass is 468 g/mol. The van der Waals surface area contributed by atoms with Gasteiger partial charge in [-0.2, -0.15) is 0 Å². The van der Waals surface area contributed by atoms with Crippen LogP contribution in [0.5, 0.6) is 0 Å². The highest BCUT2D eigenvalue weighted by atomic mass is 35.5. The first-order valence-corrected chi connectivity index (χ1v) is 13.3. The number of piperidine rings is 1. The molecule has 1 heterocycles. The molecule has 2 N–H and O–H groups in total. The summed E-state index contributed by atoms with van der Waals surface area (Å²) < 4.78 is 32.9. The van der Waals surface area contributed by atoms with E-state index in [1.54, 1.807) is 5.57 Å². The summed E-state index contributed by atoms with van der Waals surface area (Å²) in [6.07, 6.45) is 18.2. The molecule has 0 spiro atoms. The Labute approximate surface area is 193 Å². The van der Waals surface area contributed by atoms with Crippen molar-refractivity contribution in [2.45, 2.75) is 51.0 Å². The van der Waals surface area contributed by atoms with Gasteiger partial charge in [-0.15, -0.1) is 0 Å². The van der Waals surface area contributed by atoms with Gasteiger partial charge in [-0.05, 0) is 62.1 Å². The topological polar surface area (TPSA) is 50.4 Å². The first-order valence-electron chi connectivity index (χ1n) is 11.6. The van der Waals surface area contributed by atoms with Crippen molar-refractivity contribution in [2.75, 3.05) is 32.1 Å². The zero-order valence-electron chi connectivity index (χ0n) is 18.1. The molecular weight excluding hydrogens is 435 g/mol. The van der Waals surface area contributed by atoms with Crippen molar-refractivity contribution in [1.29, 1.82) is 0 Å². The third-order valence-corrected chi connectivity index (χ3v) is 8.84. The number of nitrogens with one attached hydrogen (secondary N) is 2. The lowest BCUT2D eigenvalue weighted by Gasteiger charge is -2.57. The highest BCUT2D eigenvalue weighted by molar-refractivity contribution is 7.83. The molecule has 172 valence electrons. The fourth-order valence-corrected chi connectivity index (χ4v) is 6.67. The van der Waals surface area contributed by atoms with Crippen LogP contribution in [0.1, 0.15) is 44.9 Å². The van der Waals surface area contributed by atoms with Crippen LogP contribution in [0.3, 0.4) is 0 Å². The highest BCUT2D eigenvalue weighted by Crippen LogP contribution is 2.56. The molecule has 0 radical (unpaired) electrons. The molecule has 1 aliphatic heterocycles. The molecule has 4 atom stereocenters. The lowest BCUT2D eigenvalue weighted by Crippen LogP contribution is -2.59. The van der Waals surface area contributed by atoms with Crippen molar-refractivity contribution in [2.24, 2.45) is 17.3 Å². The molecule has 4 unspecified atom stereocenters. The van der Waals surface area contributed by atoms with Crippen LogP contribution < -0.4 is 10.0 Å². The zero-order chi connectivity index (χ0) is 21.7. The van der Waals surface area contributed by atoms with Crippen LogP contribution in [0.15, 0.2) is 46.7 Å². The Bertz CT molecular complexity index is 790. The Kier molecular flexibility index (Phi) is 8.07. The van der Waals surface area contributed by atoms with Gasteiger partial charge < -0.3 is 10.1 Å². The molecule has 2 fully saturated rings. The average Bonchev–Trinajstić information content (AvgIpc) is 2.76. The van der Waals surface area contributed by atoms with E-state index in [-0.39, 0.29) is 0 Å². The van der Waals surface area contributed by atoms with Crippen LogP contribution in [0.2, 0.25) is 0 Å². The molecule has 4 nitrogen and oxygen atoms in total. The molecule has 0 aromatic heterocycles. The second kappa shape index (κ2) is 10.8. The van der Waals surface area contributed by atoms with Crippen molar-refractivity contribution in [3.05, 3.63) is 46.7 Å². The normalized spacial score (nSPS) is 30.4. The van der Waals surface area contributed by atoms with Crippen LogP contribution in [0, 0.1) is 17.3 Å². The second-order valence-corrected chi connectivity index (χ2v) is 10.9. The van der Waals surface area contributed by atoms with Gasteiger partial charge in [0, 0.05) is 35.7 Å². The van der Waals surface area contributed by atoms with E-state index in [1.807, 2.05) is 0 Å². The van der Waals surface area contributed by atoms with Crippen LogP contribution in [0.25, 0.3) is 0 Å². The Hall–Kier alpha value is -0.950. The van der Waals surface area contributed by atoms with E-state index >= 15 is 0 Å². The first kappa shape index (κ1) is 23.2. The fraction of sp³-hybridized carbons (Fsp3) is 0.667. The maximum atomic E-state index is 12.2. The van der Waals surface area contributed by atoms with Crippen LogP contribution >= 0.6 is 11.6 Å². The minimum Gasteiger partial charge on any atom is -0.497 e. The zero-order valence-corrected chi connectivity index (χ0v) is 19.7. The summed E-state index contributed by atoms with van der Waals surface area (Å²) in [5.41, 5.74) is 1.84. The quantitative estimate of drug-likeness (QED) is 0.458. The summed E-state index contributed by atoms with van der Waals surface area (Å²) in [5.74, 6) is 2.36. The van der Waals surface area contributed by atoms with Crippen LogP contribution in [-0.2, 0) is 15.7 Å². The second-order valence-electron chi connectivity index (χ2n) is 9.08. The number of fused-ring (bicyclic) bond motifs is 1. The summed E-state index contributed by atoms with van der Waals surface area (Å²) in [5, 5.41) is 4.76. The van der Waals surface area contributed by atoms with E-state index < -0.39 is 17.7 Å². The fourth-order valence-electron chi connectivity index (χ4n) is 5.68. The molecule has 31 heavy (non-hydrogen) atoms. The molecular formula is C24H34ClFN2O2S. The molecule has 0 amide bonds. The van der Waals surface area contributed by atoms with E-state index in [9.17, 15) is 8.60 Å². The smallest absolute Gasteiger partial charge is 0.101 e. The number of hydrogen-bond acceptors (Lipinski definition) is 3. The standard InChI is InChI=1S/C24H34ClFN2O2S/c25-20-6-4-19(5-7-20)24(10-1-11-24)23-22-17-21(8-3-18(22)9-13-27-23)30-15-14-28-31(29)16-2-12-26/h3-4,6-8,19,22-23,27-28H,1-2,5,9-17H2. The molecule has 1 saturated carbocycles. The summed E-state index contributed by atoms with van der Waals surface area (Å²) in [6.45, 7) is 1.59. The third-order valence-electron chi connectivity index (χ3n) is 7.37. The van der Waals surface area contributed by atoms with Crippen molar-refractivity contribution in [3.8, 4) is 0 Å². The van der Waals surface area contributed by atoms with Gasteiger partial charge in [-0.1, -0.05) is 41.8 Å². The molecule has 3 aliphatic carbocycles. The number of allylic oxidation sites excluding steroid dienone is 7. The molecule has 0 aromatic carbocycles. The maximum absolute atomic E-state index is 12.2. The number of alkyl halides is 1. The minimum atomic E-state index is -1.18. The van der Waals surface area contributed by atoms with Crippen molar-refractivity contribution in [1.82, 2.24) is 10.0 Å². The number of rotatable bonds is 10. The lowest BCUT2D eigenvalue weighted by molar-refractivity contribution is -0.00319. The third kappa shape index (κ3) is 5.35. The van der Waals surface area contributed by atoms with E-state index in [0.29, 0.717) is 48.6 Å². The van der Waals surface area contributed by atoms with E-state index in [4.69, 9.17) is 16.3 Å². The Morgan fingerprint density at radius 2 is 2.23 bits per heavy atom. The lowest BCUT2D eigenvalue weighted by atomic mass is 9.52. The molecule has 0 aromatic rings. The van der Waals surface area contributed by atoms with Crippen LogP contribution in [-0.4, -0.2) is 42.4 Å². The highest BCUT2D eigenvalue weighted by Gasteiger charge is 2.52. The summed E-state index contributed by atoms with van der Waals surface area (Å²) in [4.78, 5) is 0. The molecule has 1 saturated heterocycles. The predicted molar refractivity (Wildman–Crippen MR) is 126 cm³/mol. The van der Waals surface area contributed by atoms with Crippen LogP contribution in [0.4, 0.5) is 4.39 Å². The van der Waals surface area contributed by atoms with Gasteiger partial charge in [0.05, 0.1) is 23.4 Å². The van der Waals surface area contributed by atoms with Gasteiger partial charge in [0.15, 0.2) is 0 Å². The largest absolute Gasteiger partial charge is 0.497 e. The van der Waals surface area contributed by atoms with Gasteiger partial charge in [0.2, 0.25) is 0 Å². The van der Waals surface area contributed by atoms with Crippen molar-refractivity contribution < 1.29 is 13.3 Å². The van der Waals surface area contributed by atoms with E-state index in [1.165, 1.54) is 19.3 Å². The Balaban J connectivity index is 1.36. The van der Waals surface area contributed by atoms with E-state index in [0.717, 1.165) is 36.6 Å². The first-order chi connectivity index (χ1) is 15.1.